The van der Waals surface area contributed by atoms with Crippen molar-refractivity contribution < 1.29 is 4.79 Å². The van der Waals surface area contributed by atoms with Gasteiger partial charge in [-0.25, -0.2) is 0 Å². The second-order valence-electron chi connectivity index (χ2n) is 6.88. The Balaban J connectivity index is 2.42. The second kappa shape index (κ2) is 13.5. The molecule has 0 bridgehead atoms. The number of hydrogen-bond acceptors (Lipinski definition) is 2. The summed E-state index contributed by atoms with van der Waals surface area (Å²) in [7, 11) is 0. The molecule has 1 atom stereocenters. The van der Waals surface area contributed by atoms with Crippen molar-refractivity contribution in [3.05, 3.63) is 29.8 Å². The van der Waals surface area contributed by atoms with Crippen molar-refractivity contribution in [2.45, 2.75) is 75.2 Å². The van der Waals surface area contributed by atoms with E-state index in [9.17, 15) is 4.79 Å². The van der Waals surface area contributed by atoms with Crippen LogP contribution in [0.5, 0.6) is 0 Å². The summed E-state index contributed by atoms with van der Waals surface area (Å²) in [6, 6.07) is 7.71. The van der Waals surface area contributed by atoms with Crippen molar-refractivity contribution >= 4 is 63.7 Å². The lowest BCUT2D eigenvalue weighted by atomic mass is 10.1. The molecule has 1 aromatic rings. The fourth-order valence-electron chi connectivity index (χ4n) is 2.61. The Bertz CT molecular complexity index is 606. The number of unbranched alkanes of at least 4 members (excludes halogenated alkanes) is 6. The molecule has 28 heavy (non-hydrogen) atoms. The second-order valence-corrected chi connectivity index (χ2v) is 9.66. The van der Waals surface area contributed by atoms with Crippen LogP contribution in [0.2, 0.25) is 0 Å². The lowest BCUT2D eigenvalue weighted by Crippen LogP contribution is -2.56. The van der Waals surface area contributed by atoms with Crippen LogP contribution in [0.15, 0.2) is 24.3 Å². The molecule has 0 radical (unpaired) electrons. The molecule has 158 valence electrons. The summed E-state index contributed by atoms with van der Waals surface area (Å²) in [6.07, 6.45) is 7.42. The lowest BCUT2D eigenvalue weighted by molar-refractivity contribution is -0.122. The average Bonchev–Trinajstić information content (AvgIpc) is 2.61. The first-order chi connectivity index (χ1) is 13.2. The monoisotopic (exact) mass is 465 g/mol. The first-order valence-corrected chi connectivity index (χ1v) is 11.3. The van der Waals surface area contributed by atoms with E-state index in [4.69, 9.17) is 47.0 Å². The average molecular weight is 467 g/mol. The summed E-state index contributed by atoms with van der Waals surface area (Å²) in [5.74, 6) is -0.171. The maximum absolute atomic E-state index is 12.2. The van der Waals surface area contributed by atoms with Gasteiger partial charge >= 0.3 is 0 Å². The molecule has 0 aliphatic heterocycles. The number of anilines is 1. The van der Waals surface area contributed by atoms with E-state index < -0.39 is 9.96 Å². The fourth-order valence-corrected chi connectivity index (χ4v) is 3.17. The minimum absolute atomic E-state index is 0.171. The van der Waals surface area contributed by atoms with Crippen LogP contribution in [0.3, 0.4) is 0 Å². The molecule has 0 aliphatic rings. The van der Waals surface area contributed by atoms with Gasteiger partial charge in [0.2, 0.25) is 9.70 Å². The van der Waals surface area contributed by atoms with Crippen LogP contribution in [-0.2, 0) is 4.79 Å². The highest BCUT2D eigenvalue weighted by molar-refractivity contribution is 7.80. The van der Waals surface area contributed by atoms with Crippen LogP contribution in [0.25, 0.3) is 0 Å². The molecule has 3 N–H and O–H groups in total. The first kappa shape index (κ1) is 25.3. The molecule has 0 spiro atoms. The van der Waals surface area contributed by atoms with Gasteiger partial charge in [-0.3, -0.25) is 4.79 Å². The minimum atomic E-state index is -1.74. The number of benzene rings is 1. The molecular weight excluding hydrogens is 437 g/mol. The van der Waals surface area contributed by atoms with Crippen LogP contribution in [0, 0.1) is 6.92 Å². The van der Waals surface area contributed by atoms with Gasteiger partial charge in [0.05, 0.1) is 0 Å². The number of amides is 1. The molecule has 4 nitrogen and oxygen atoms in total. The lowest BCUT2D eigenvalue weighted by Gasteiger charge is -2.27. The molecule has 1 rings (SSSR count). The highest BCUT2D eigenvalue weighted by Gasteiger charge is 2.34. The van der Waals surface area contributed by atoms with Gasteiger partial charge in [-0.15, -0.1) is 0 Å². The molecule has 8 heteroatoms. The van der Waals surface area contributed by atoms with Crippen molar-refractivity contribution in [2.24, 2.45) is 0 Å². The van der Waals surface area contributed by atoms with Crippen molar-refractivity contribution in [2.75, 3.05) is 5.32 Å². The van der Waals surface area contributed by atoms with Gasteiger partial charge in [0.1, 0.15) is 6.17 Å². The normalized spacial score (nSPS) is 12.3. The number of thiocarbonyl (C=S) groups is 1. The van der Waals surface area contributed by atoms with Crippen molar-refractivity contribution in [3.63, 3.8) is 0 Å². The van der Waals surface area contributed by atoms with Crippen LogP contribution in [0.1, 0.15) is 63.9 Å². The molecule has 0 aliphatic carbocycles. The Morgan fingerprint density at radius 1 is 1.00 bits per heavy atom. The van der Waals surface area contributed by atoms with Gasteiger partial charge in [0.15, 0.2) is 5.11 Å². The predicted molar refractivity (Wildman–Crippen MR) is 125 cm³/mol. The zero-order chi connectivity index (χ0) is 21.0. The topological polar surface area (TPSA) is 53.2 Å². The van der Waals surface area contributed by atoms with Gasteiger partial charge in [-0.2, -0.15) is 0 Å². The SMILES string of the molecule is CCCCCCCCCC(=O)N[C@@H](NC(=S)Nc1ccc(C)cc1)C(Cl)(Cl)Cl. The number of carbonyl (C=O) groups excluding carboxylic acids is 1. The number of nitrogens with one attached hydrogen (secondary N) is 3. The maximum atomic E-state index is 12.2. The third-order valence-corrected chi connectivity index (χ3v) is 5.10. The Morgan fingerprint density at radius 2 is 1.57 bits per heavy atom. The van der Waals surface area contributed by atoms with E-state index in [-0.39, 0.29) is 11.0 Å². The van der Waals surface area contributed by atoms with E-state index >= 15 is 0 Å². The van der Waals surface area contributed by atoms with Crippen LogP contribution in [0.4, 0.5) is 5.69 Å². The summed E-state index contributed by atoms with van der Waals surface area (Å²) >= 11 is 23.3. The molecule has 1 aromatic carbocycles. The Labute approximate surface area is 189 Å². The van der Waals surface area contributed by atoms with Crippen LogP contribution < -0.4 is 16.0 Å². The summed E-state index contributed by atoms with van der Waals surface area (Å²) in [5.41, 5.74) is 1.95. The van der Waals surface area contributed by atoms with Gasteiger partial charge in [0.25, 0.3) is 0 Å². The summed E-state index contributed by atoms with van der Waals surface area (Å²) in [4.78, 5) is 12.2. The largest absolute Gasteiger partial charge is 0.339 e. The zero-order valence-corrected chi connectivity index (χ0v) is 19.6. The molecule has 0 saturated carbocycles. The molecule has 0 aromatic heterocycles. The van der Waals surface area contributed by atoms with Gasteiger partial charge in [0, 0.05) is 12.1 Å². The van der Waals surface area contributed by atoms with Gasteiger partial charge < -0.3 is 16.0 Å². The molecular formula is C20H30Cl3N3OS. The molecule has 0 heterocycles. The third-order valence-electron chi connectivity index (χ3n) is 4.22. The Hall–Kier alpha value is -0.750. The van der Waals surface area contributed by atoms with E-state index in [1.54, 1.807) is 0 Å². The van der Waals surface area contributed by atoms with Crippen LogP contribution in [-0.4, -0.2) is 21.0 Å². The first-order valence-electron chi connectivity index (χ1n) is 9.72. The van der Waals surface area contributed by atoms with E-state index in [0.717, 1.165) is 30.5 Å². The maximum Gasteiger partial charge on any atom is 0.228 e. The summed E-state index contributed by atoms with van der Waals surface area (Å²) in [6.45, 7) is 4.20. The quantitative estimate of drug-likeness (QED) is 0.156. The predicted octanol–water partition coefficient (Wildman–Crippen LogP) is 6.23. The fraction of sp³-hybridized carbons (Fsp3) is 0.600. The number of hydrogen-bond donors (Lipinski definition) is 3. The Morgan fingerprint density at radius 3 is 2.14 bits per heavy atom. The smallest absolute Gasteiger partial charge is 0.228 e. The van der Waals surface area contributed by atoms with Crippen molar-refractivity contribution in [1.29, 1.82) is 0 Å². The summed E-state index contributed by atoms with van der Waals surface area (Å²) < 4.78 is -1.74. The Kier molecular flexibility index (Phi) is 12.2. The number of alkyl halides is 3. The minimum Gasteiger partial charge on any atom is -0.339 e. The number of rotatable bonds is 11. The van der Waals surface area contributed by atoms with Crippen LogP contribution >= 0.6 is 47.0 Å². The standard InChI is InChI=1S/C20H30Cl3N3OS/c1-3-4-5-6-7-8-9-10-17(27)25-18(20(21,22)23)26-19(28)24-16-13-11-15(2)12-14-16/h11-14,18H,3-10H2,1-2H3,(H,25,27)(H2,24,26,28)/t18-/m0/s1. The molecule has 0 unspecified atom stereocenters. The van der Waals surface area contributed by atoms with Gasteiger partial charge in [-0.05, 0) is 37.7 Å². The number of halogens is 3. The van der Waals surface area contributed by atoms with Crippen molar-refractivity contribution in [1.82, 2.24) is 10.6 Å². The van der Waals surface area contributed by atoms with Crippen molar-refractivity contribution in [3.8, 4) is 0 Å². The highest BCUT2D eigenvalue weighted by Crippen LogP contribution is 2.29. The number of aryl methyl sites for hydroxylation is 1. The number of carbonyl (C=O) groups is 1. The zero-order valence-electron chi connectivity index (χ0n) is 16.5. The van der Waals surface area contributed by atoms with Gasteiger partial charge in [-0.1, -0.05) is 97.9 Å². The molecule has 1 amide bonds. The van der Waals surface area contributed by atoms with E-state index in [1.165, 1.54) is 25.7 Å². The van der Waals surface area contributed by atoms with E-state index in [2.05, 4.69) is 22.9 Å². The molecule has 0 fully saturated rings. The third kappa shape index (κ3) is 11.3. The molecule has 0 saturated heterocycles. The summed E-state index contributed by atoms with van der Waals surface area (Å²) in [5, 5.41) is 8.86. The highest BCUT2D eigenvalue weighted by atomic mass is 35.6. The van der Waals surface area contributed by atoms with E-state index in [0.29, 0.717) is 6.42 Å². The van der Waals surface area contributed by atoms with E-state index in [1.807, 2.05) is 31.2 Å².